The standard InChI is InChI=1S/C16H30N2O3/c1-5-20-11-7-10-17-14-9-6-8-13(14)12-18-15(19)21-16(2,3)4/h5,13-14,17H,1,6-12H2,2-4H3,(H,18,19). The molecule has 1 fully saturated rings. The number of carbonyl (C=O) groups excluding carboxylic acids is 1. The SMILES string of the molecule is C=COCCCNC1CCCC1CNC(=O)OC(C)(C)C. The molecule has 1 aliphatic carbocycles. The molecular formula is C16H30N2O3. The number of ether oxygens (including phenoxy) is 2. The Kier molecular flexibility index (Phi) is 7.57. The van der Waals surface area contributed by atoms with Crippen LogP contribution < -0.4 is 10.6 Å². The summed E-state index contributed by atoms with van der Waals surface area (Å²) in [5.74, 6) is 0.484. The zero-order chi connectivity index (χ0) is 15.7. The van der Waals surface area contributed by atoms with E-state index in [1.807, 2.05) is 20.8 Å². The van der Waals surface area contributed by atoms with Gasteiger partial charge in [-0.15, -0.1) is 0 Å². The van der Waals surface area contributed by atoms with Gasteiger partial charge in [0.15, 0.2) is 0 Å². The summed E-state index contributed by atoms with van der Waals surface area (Å²) in [5, 5.41) is 6.44. The minimum atomic E-state index is -0.442. The summed E-state index contributed by atoms with van der Waals surface area (Å²) in [6.07, 6.45) is 5.64. The van der Waals surface area contributed by atoms with E-state index in [1.165, 1.54) is 19.1 Å². The summed E-state index contributed by atoms with van der Waals surface area (Å²) in [7, 11) is 0. The molecule has 0 bridgehead atoms. The van der Waals surface area contributed by atoms with Crippen molar-refractivity contribution in [2.75, 3.05) is 19.7 Å². The van der Waals surface area contributed by atoms with Gasteiger partial charge in [0.05, 0.1) is 12.9 Å². The first-order valence-electron chi connectivity index (χ1n) is 7.85. The molecule has 1 aliphatic rings. The maximum absolute atomic E-state index is 11.7. The first-order chi connectivity index (χ1) is 9.92. The number of hydrogen-bond donors (Lipinski definition) is 2. The molecule has 0 heterocycles. The average molecular weight is 298 g/mol. The predicted octanol–water partition coefficient (Wildman–Crippen LogP) is 2.82. The maximum atomic E-state index is 11.7. The summed E-state index contributed by atoms with van der Waals surface area (Å²) >= 11 is 0. The van der Waals surface area contributed by atoms with Crippen molar-refractivity contribution in [1.29, 1.82) is 0 Å². The highest BCUT2D eigenvalue weighted by Crippen LogP contribution is 2.25. The molecule has 1 rings (SSSR count). The quantitative estimate of drug-likeness (QED) is 0.534. The van der Waals surface area contributed by atoms with Gasteiger partial charge in [0.2, 0.25) is 0 Å². The molecule has 1 amide bonds. The number of nitrogens with one attached hydrogen (secondary N) is 2. The molecule has 5 heteroatoms. The van der Waals surface area contributed by atoms with E-state index in [0.29, 0.717) is 25.1 Å². The van der Waals surface area contributed by atoms with Crippen molar-refractivity contribution in [3.8, 4) is 0 Å². The van der Waals surface area contributed by atoms with Crippen molar-refractivity contribution < 1.29 is 14.3 Å². The Morgan fingerprint density at radius 1 is 1.38 bits per heavy atom. The summed E-state index contributed by atoms with van der Waals surface area (Å²) < 4.78 is 10.4. The smallest absolute Gasteiger partial charge is 0.407 e. The van der Waals surface area contributed by atoms with Crippen molar-refractivity contribution in [3.63, 3.8) is 0 Å². The van der Waals surface area contributed by atoms with E-state index in [0.717, 1.165) is 19.4 Å². The Bertz CT molecular complexity index is 326. The van der Waals surface area contributed by atoms with E-state index in [-0.39, 0.29) is 6.09 Å². The van der Waals surface area contributed by atoms with Crippen LogP contribution in [0.1, 0.15) is 46.5 Å². The highest BCUT2D eigenvalue weighted by atomic mass is 16.6. The molecule has 5 nitrogen and oxygen atoms in total. The number of amides is 1. The summed E-state index contributed by atoms with van der Waals surface area (Å²) in [5.41, 5.74) is -0.442. The topological polar surface area (TPSA) is 59.6 Å². The van der Waals surface area contributed by atoms with Gasteiger partial charge in [0.25, 0.3) is 0 Å². The van der Waals surface area contributed by atoms with Gasteiger partial charge >= 0.3 is 6.09 Å². The fourth-order valence-corrected chi connectivity index (χ4v) is 2.60. The van der Waals surface area contributed by atoms with Gasteiger partial charge < -0.3 is 20.1 Å². The summed E-state index contributed by atoms with van der Waals surface area (Å²) in [6, 6.07) is 0.476. The van der Waals surface area contributed by atoms with Gasteiger partial charge in [0, 0.05) is 12.6 Å². The van der Waals surface area contributed by atoms with Crippen LogP contribution in [0.15, 0.2) is 12.8 Å². The Hall–Kier alpha value is -1.23. The van der Waals surface area contributed by atoms with E-state index in [2.05, 4.69) is 17.2 Å². The summed E-state index contributed by atoms with van der Waals surface area (Å²) in [4.78, 5) is 11.7. The van der Waals surface area contributed by atoms with Gasteiger partial charge in [-0.25, -0.2) is 4.79 Å². The maximum Gasteiger partial charge on any atom is 0.407 e. The third-order valence-electron chi connectivity index (χ3n) is 3.53. The molecule has 0 saturated heterocycles. The summed E-state index contributed by atoms with van der Waals surface area (Å²) in [6.45, 7) is 11.4. The van der Waals surface area contributed by atoms with Crippen molar-refractivity contribution in [2.24, 2.45) is 5.92 Å². The lowest BCUT2D eigenvalue weighted by Crippen LogP contribution is -2.41. The number of carbonyl (C=O) groups is 1. The van der Waals surface area contributed by atoms with Gasteiger partial charge in [-0.2, -0.15) is 0 Å². The van der Waals surface area contributed by atoms with Crippen molar-refractivity contribution in [1.82, 2.24) is 10.6 Å². The molecule has 0 aromatic carbocycles. The Balaban J connectivity index is 2.20. The van der Waals surface area contributed by atoms with Crippen LogP contribution in [-0.4, -0.2) is 37.4 Å². The van der Waals surface area contributed by atoms with Crippen molar-refractivity contribution >= 4 is 6.09 Å². The highest BCUT2D eigenvalue weighted by Gasteiger charge is 2.27. The number of alkyl carbamates (subject to hydrolysis) is 1. The fraction of sp³-hybridized carbons (Fsp3) is 0.812. The van der Waals surface area contributed by atoms with Crippen LogP contribution in [0.3, 0.4) is 0 Å². The van der Waals surface area contributed by atoms with E-state index < -0.39 is 5.60 Å². The van der Waals surface area contributed by atoms with Crippen LogP contribution in [0.2, 0.25) is 0 Å². The van der Waals surface area contributed by atoms with Crippen LogP contribution >= 0.6 is 0 Å². The van der Waals surface area contributed by atoms with Gasteiger partial charge in [-0.05, 0) is 52.5 Å². The molecule has 2 atom stereocenters. The largest absolute Gasteiger partial charge is 0.502 e. The van der Waals surface area contributed by atoms with Crippen molar-refractivity contribution in [3.05, 3.63) is 12.8 Å². The monoisotopic (exact) mass is 298 g/mol. The lowest BCUT2D eigenvalue weighted by Gasteiger charge is -2.23. The lowest BCUT2D eigenvalue weighted by molar-refractivity contribution is 0.0517. The second-order valence-electron chi connectivity index (χ2n) is 6.53. The van der Waals surface area contributed by atoms with Crippen LogP contribution in [0.25, 0.3) is 0 Å². The van der Waals surface area contributed by atoms with E-state index in [4.69, 9.17) is 9.47 Å². The van der Waals surface area contributed by atoms with Crippen LogP contribution in [0.5, 0.6) is 0 Å². The molecule has 21 heavy (non-hydrogen) atoms. The average Bonchev–Trinajstić information content (AvgIpc) is 2.81. The number of rotatable bonds is 8. The molecule has 0 spiro atoms. The normalized spacial score (nSPS) is 21.9. The van der Waals surface area contributed by atoms with Gasteiger partial charge in [-0.1, -0.05) is 13.0 Å². The van der Waals surface area contributed by atoms with Crippen molar-refractivity contribution in [2.45, 2.75) is 58.1 Å². The van der Waals surface area contributed by atoms with Gasteiger partial charge in [-0.3, -0.25) is 0 Å². The second kappa shape index (κ2) is 8.93. The molecule has 0 aliphatic heterocycles. The second-order valence-corrected chi connectivity index (χ2v) is 6.53. The van der Waals surface area contributed by atoms with Gasteiger partial charge in [0.1, 0.15) is 5.60 Å². The van der Waals surface area contributed by atoms with E-state index in [9.17, 15) is 4.79 Å². The molecular weight excluding hydrogens is 268 g/mol. The zero-order valence-electron chi connectivity index (χ0n) is 13.6. The Labute approximate surface area is 128 Å². The Morgan fingerprint density at radius 2 is 2.14 bits per heavy atom. The van der Waals surface area contributed by atoms with E-state index >= 15 is 0 Å². The minimum absolute atomic E-state index is 0.326. The first kappa shape index (κ1) is 17.8. The molecule has 2 unspecified atom stereocenters. The molecule has 122 valence electrons. The molecule has 1 saturated carbocycles. The third-order valence-corrected chi connectivity index (χ3v) is 3.53. The van der Waals surface area contributed by atoms with E-state index in [1.54, 1.807) is 0 Å². The predicted molar refractivity (Wildman–Crippen MR) is 84.1 cm³/mol. The highest BCUT2D eigenvalue weighted by molar-refractivity contribution is 5.67. The zero-order valence-corrected chi connectivity index (χ0v) is 13.6. The minimum Gasteiger partial charge on any atom is -0.502 e. The number of hydrogen-bond acceptors (Lipinski definition) is 4. The molecule has 0 aromatic rings. The fourth-order valence-electron chi connectivity index (χ4n) is 2.60. The van der Waals surface area contributed by atoms with Crippen LogP contribution in [0, 0.1) is 5.92 Å². The van der Waals surface area contributed by atoms with Crippen LogP contribution in [0.4, 0.5) is 4.79 Å². The Morgan fingerprint density at radius 3 is 2.81 bits per heavy atom. The molecule has 0 radical (unpaired) electrons. The molecule has 2 N–H and O–H groups in total. The lowest BCUT2D eigenvalue weighted by atomic mass is 10.0. The van der Waals surface area contributed by atoms with Crippen LogP contribution in [-0.2, 0) is 9.47 Å². The first-order valence-corrected chi connectivity index (χ1v) is 7.85. The molecule has 0 aromatic heterocycles. The third kappa shape index (κ3) is 7.95.